The van der Waals surface area contributed by atoms with Crippen molar-refractivity contribution in [3.8, 4) is 0 Å². The number of amides is 1. The lowest BCUT2D eigenvalue weighted by molar-refractivity contribution is -0.116. The van der Waals surface area contributed by atoms with Crippen LogP contribution in [-0.4, -0.2) is 11.9 Å². The van der Waals surface area contributed by atoms with Crippen LogP contribution in [-0.2, 0) is 4.79 Å². The molecule has 0 aliphatic rings. The van der Waals surface area contributed by atoms with Crippen molar-refractivity contribution >= 4 is 23.2 Å². The van der Waals surface area contributed by atoms with Crippen LogP contribution in [0.15, 0.2) is 18.2 Å². The summed E-state index contributed by atoms with van der Waals surface area (Å²) in [6.45, 7) is 3.73. The molecule has 0 radical (unpaired) electrons. The number of carbonyl (C=O) groups is 1. The Balaban J connectivity index is 2.68. The van der Waals surface area contributed by atoms with Gasteiger partial charge in [-0.05, 0) is 31.5 Å². The van der Waals surface area contributed by atoms with Crippen molar-refractivity contribution in [3.05, 3.63) is 28.8 Å². The van der Waals surface area contributed by atoms with Crippen LogP contribution in [0.25, 0.3) is 0 Å². The molecular weight excluding hydrogens is 212 g/mol. The molecule has 0 aliphatic carbocycles. The Morgan fingerprint density at radius 3 is 2.80 bits per heavy atom. The van der Waals surface area contributed by atoms with Crippen LogP contribution in [0.3, 0.4) is 0 Å². The highest BCUT2D eigenvalue weighted by Crippen LogP contribution is 2.22. The van der Waals surface area contributed by atoms with E-state index < -0.39 is 0 Å². The smallest absolute Gasteiger partial charge is 0.225 e. The fourth-order valence-electron chi connectivity index (χ4n) is 1.22. The Kier molecular flexibility index (Phi) is 4.12. The third-order valence-electron chi connectivity index (χ3n) is 1.91. The van der Waals surface area contributed by atoms with Gasteiger partial charge in [0, 0.05) is 12.5 Å². The SMILES string of the molecule is Cc1ccc(NC(=O)CC(C)N)c(Cl)c1. The topological polar surface area (TPSA) is 55.1 Å². The Morgan fingerprint density at radius 2 is 2.27 bits per heavy atom. The highest BCUT2D eigenvalue weighted by atomic mass is 35.5. The molecule has 0 aliphatic heterocycles. The molecule has 0 saturated carbocycles. The van der Waals surface area contributed by atoms with Gasteiger partial charge in [0.25, 0.3) is 0 Å². The fourth-order valence-corrected chi connectivity index (χ4v) is 1.50. The van der Waals surface area contributed by atoms with Gasteiger partial charge in [-0.3, -0.25) is 4.79 Å². The van der Waals surface area contributed by atoms with Crippen LogP contribution in [0.5, 0.6) is 0 Å². The third-order valence-corrected chi connectivity index (χ3v) is 2.22. The van der Waals surface area contributed by atoms with Crippen molar-refractivity contribution in [2.75, 3.05) is 5.32 Å². The zero-order valence-electron chi connectivity index (χ0n) is 8.88. The average molecular weight is 227 g/mol. The summed E-state index contributed by atoms with van der Waals surface area (Å²) in [5.41, 5.74) is 7.21. The number of nitrogens with one attached hydrogen (secondary N) is 1. The number of benzene rings is 1. The summed E-state index contributed by atoms with van der Waals surface area (Å²) in [6, 6.07) is 5.35. The second kappa shape index (κ2) is 5.14. The third kappa shape index (κ3) is 3.90. The summed E-state index contributed by atoms with van der Waals surface area (Å²) in [4.78, 5) is 11.4. The van der Waals surface area contributed by atoms with E-state index in [1.54, 1.807) is 13.0 Å². The molecule has 1 atom stereocenters. The van der Waals surface area contributed by atoms with E-state index >= 15 is 0 Å². The molecule has 3 nitrogen and oxygen atoms in total. The highest BCUT2D eigenvalue weighted by molar-refractivity contribution is 6.33. The molecule has 0 heterocycles. The van der Waals surface area contributed by atoms with E-state index in [0.717, 1.165) is 5.56 Å². The molecule has 3 N–H and O–H groups in total. The number of anilines is 1. The maximum atomic E-state index is 11.4. The van der Waals surface area contributed by atoms with Crippen molar-refractivity contribution < 1.29 is 4.79 Å². The average Bonchev–Trinajstić information content (AvgIpc) is 2.08. The maximum Gasteiger partial charge on any atom is 0.225 e. The second-order valence-electron chi connectivity index (χ2n) is 3.71. The van der Waals surface area contributed by atoms with E-state index in [1.807, 2.05) is 19.1 Å². The molecule has 82 valence electrons. The predicted molar refractivity (Wildman–Crippen MR) is 63.1 cm³/mol. The number of carbonyl (C=O) groups excluding carboxylic acids is 1. The van der Waals surface area contributed by atoms with Crippen LogP contribution < -0.4 is 11.1 Å². The fraction of sp³-hybridized carbons (Fsp3) is 0.364. The summed E-state index contributed by atoms with van der Waals surface area (Å²) in [5, 5.41) is 3.27. The standard InChI is InChI=1S/C11H15ClN2O/c1-7-3-4-10(9(12)5-7)14-11(15)6-8(2)13/h3-5,8H,6,13H2,1-2H3,(H,14,15). The Bertz CT molecular complexity index is 364. The molecule has 1 aromatic rings. The first-order valence-electron chi connectivity index (χ1n) is 4.80. The maximum absolute atomic E-state index is 11.4. The van der Waals surface area contributed by atoms with Crippen LogP contribution in [0.4, 0.5) is 5.69 Å². The van der Waals surface area contributed by atoms with Gasteiger partial charge >= 0.3 is 0 Å². The van der Waals surface area contributed by atoms with E-state index in [9.17, 15) is 4.79 Å². The van der Waals surface area contributed by atoms with Crippen molar-refractivity contribution in [2.24, 2.45) is 5.73 Å². The van der Waals surface area contributed by atoms with Crippen molar-refractivity contribution in [3.63, 3.8) is 0 Å². The van der Waals surface area contributed by atoms with Gasteiger partial charge in [0.1, 0.15) is 0 Å². The molecule has 0 aromatic heterocycles. The quantitative estimate of drug-likeness (QED) is 0.831. The molecule has 1 aromatic carbocycles. The van der Waals surface area contributed by atoms with E-state index in [2.05, 4.69) is 5.32 Å². The zero-order chi connectivity index (χ0) is 11.4. The normalized spacial score (nSPS) is 12.3. The van der Waals surface area contributed by atoms with Crippen LogP contribution in [0, 0.1) is 6.92 Å². The summed E-state index contributed by atoms with van der Waals surface area (Å²) in [7, 11) is 0. The molecule has 4 heteroatoms. The molecule has 0 fully saturated rings. The lowest BCUT2D eigenvalue weighted by Gasteiger charge is -2.09. The minimum absolute atomic E-state index is 0.115. The molecule has 0 spiro atoms. The largest absolute Gasteiger partial charge is 0.327 e. The van der Waals surface area contributed by atoms with Gasteiger partial charge in [-0.25, -0.2) is 0 Å². The minimum atomic E-state index is -0.144. The monoisotopic (exact) mass is 226 g/mol. The van der Waals surface area contributed by atoms with Gasteiger partial charge < -0.3 is 11.1 Å². The zero-order valence-corrected chi connectivity index (χ0v) is 9.64. The minimum Gasteiger partial charge on any atom is -0.327 e. The Morgan fingerprint density at radius 1 is 1.60 bits per heavy atom. The lowest BCUT2D eigenvalue weighted by Crippen LogP contribution is -2.24. The number of hydrogen-bond donors (Lipinski definition) is 2. The van der Waals surface area contributed by atoms with Gasteiger partial charge in [0.05, 0.1) is 10.7 Å². The molecule has 1 unspecified atom stereocenters. The Labute approximate surface area is 94.6 Å². The first-order valence-corrected chi connectivity index (χ1v) is 5.18. The summed E-state index contributed by atoms with van der Waals surface area (Å²) in [6.07, 6.45) is 0.296. The molecule has 1 amide bonds. The predicted octanol–water partition coefficient (Wildman–Crippen LogP) is 2.32. The van der Waals surface area contributed by atoms with Crippen molar-refractivity contribution in [2.45, 2.75) is 26.3 Å². The second-order valence-corrected chi connectivity index (χ2v) is 4.12. The van der Waals surface area contributed by atoms with Crippen LogP contribution in [0.1, 0.15) is 18.9 Å². The summed E-state index contributed by atoms with van der Waals surface area (Å²) < 4.78 is 0. The number of hydrogen-bond acceptors (Lipinski definition) is 2. The first kappa shape index (κ1) is 12.0. The van der Waals surface area contributed by atoms with Crippen molar-refractivity contribution in [1.29, 1.82) is 0 Å². The first-order chi connectivity index (χ1) is 6.99. The van der Waals surface area contributed by atoms with Crippen molar-refractivity contribution in [1.82, 2.24) is 0 Å². The number of halogens is 1. The van der Waals surface area contributed by atoms with Gasteiger partial charge in [0.2, 0.25) is 5.91 Å². The molecular formula is C11H15ClN2O. The van der Waals surface area contributed by atoms with Gasteiger partial charge in [-0.1, -0.05) is 17.7 Å². The molecule has 0 saturated heterocycles. The van der Waals surface area contributed by atoms with Gasteiger partial charge in [-0.2, -0.15) is 0 Å². The molecule has 0 bridgehead atoms. The van der Waals surface area contributed by atoms with Crippen LogP contribution >= 0.6 is 11.6 Å². The summed E-state index contributed by atoms with van der Waals surface area (Å²) >= 11 is 5.96. The summed E-state index contributed by atoms with van der Waals surface area (Å²) in [5.74, 6) is -0.115. The number of rotatable bonds is 3. The lowest BCUT2D eigenvalue weighted by atomic mass is 10.2. The number of nitrogens with two attached hydrogens (primary N) is 1. The molecule has 1 rings (SSSR count). The van der Waals surface area contributed by atoms with Gasteiger partial charge in [-0.15, -0.1) is 0 Å². The Hall–Kier alpha value is -1.06. The van der Waals surface area contributed by atoms with E-state index in [-0.39, 0.29) is 11.9 Å². The number of aryl methyl sites for hydroxylation is 1. The van der Waals surface area contributed by atoms with E-state index in [1.165, 1.54) is 0 Å². The highest BCUT2D eigenvalue weighted by Gasteiger charge is 2.07. The van der Waals surface area contributed by atoms with E-state index in [0.29, 0.717) is 17.1 Å². The van der Waals surface area contributed by atoms with Gasteiger partial charge in [0.15, 0.2) is 0 Å². The van der Waals surface area contributed by atoms with E-state index in [4.69, 9.17) is 17.3 Å². The van der Waals surface area contributed by atoms with Crippen LogP contribution in [0.2, 0.25) is 5.02 Å². The molecule has 15 heavy (non-hydrogen) atoms.